The fourth-order valence-electron chi connectivity index (χ4n) is 4.64. The highest BCUT2D eigenvalue weighted by atomic mass is 32.2. The average molecular weight is 423 g/mol. The van der Waals surface area contributed by atoms with Crippen molar-refractivity contribution in [3.8, 4) is 0 Å². The first-order valence-corrected chi connectivity index (χ1v) is 12.5. The second kappa shape index (κ2) is 9.58. The Kier molecular flexibility index (Phi) is 7.35. The molecule has 0 atom stereocenters. The lowest BCUT2D eigenvalue weighted by Crippen LogP contribution is -3.16. The number of hydrogen-bond acceptors (Lipinski definition) is 3. The van der Waals surface area contributed by atoms with Gasteiger partial charge in [-0.25, -0.2) is 8.42 Å². The monoisotopic (exact) mass is 422 g/mol. The van der Waals surface area contributed by atoms with Gasteiger partial charge in [0.25, 0.3) is 5.91 Å². The largest absolute Gasteiger partial charge is 0.346 e. The molecule has 2 fully saturated rings. The summed E-state index contributed by atoms with van der Waals surface area (Å²) in [5.41, 5.74) is 0.615. The molecule has 6 nitrogen and oxygen atoms in total. The molecule has 0 aromatic heterocycles. The predicted octanol–water partition coefficient (Wildman–Crippen LogP) is 1.83. The van der Waals surface area contributed by atoms with E-state index < -0.39 is 10.0 Å². The van der Waals surface area contributed by atoms with Crippen molar-refractivity contribution in [3.63, 3.8) is 0 Å². The first kappa shape index (κ1) is 22.2. The Morgan fingerprint density at radius 2 is 1.52 bits per heavy atom. The summed E-state index contributed by atoms with van der Waals surface area (Å²) in [6.07, 6.45) is 9.95. The molecule has 1 aromatic carbocycles. The molecule has 1 heterocycles. The van der Waals surface area contributed by atoms with Crippen LogP contribution in [-0.4, -0.2) is 57.9 Å². The van der Waals surface area contributed by atoms with Crippen LogP contribution >= 0.6 is 0 Å². The lowest BCUT2D eigenvalue weighted by Gasteiger charge is -2.39. The topological polar surface area (TPSA) is 70.9 Å². The van der Waals surface area contributed by atoms with E-state index in [-0.39, 0.29) is 16.3 Å². The molecule has 0 bridgehead atoms. The summed E-state index contributed by atoms with van der Waals surface area (Å²) in [6.45, 7) is 1.82. The van der Waals surface area contributed by atoms with Gasteiger partial charge in [0.05, 0.1) is 25.5 Å². The van der Waals surface area contributed by atoms with E-state index >= 15 is 0 Å². The molecule has 0 radical (unpaired) electrons. The van der Waals surface area contributed by atoms with Gasteiger partial charge in [0.15, 0.2) is 0 Å². The predicted molar refractivity (Wildman–Crippen MR) is 115 cm³/mol. The second-order valence-electron chi connectivity index (χ2n) is 8.87. The van der Waals surface area contributed by atoms with E-state index in [1.165, 1.54) is 24.2 Å². The summed E-state index contributed by atoms with van der Waals surface area (Å²) in [7, 11) is 0.853. The standard InChI is InChI=1S/C22H35N3O3S/c1-24(2)22(14-6-5-7-15-22)18-23-21(26)19-10-12-20(13-11-19)29(27,28)25-16-8-3-4-9-17-25/h10-13H,3-9,14-18H2,1-2H3,(H,23,26)/p+1. The minimum Gasteiger partial charge on any atom is -0.346 e. The van der Waals surface area contributed by atoms with Gasteiger partial charge < -0.3 is 10.2 Å². The zero-order chi connectivity index (χ0) is 20.9. The molecule has 0 unspecified atom stereocenters. The fourth-order valence-corrected chi connectivity index (χ4v) is 6.16. The highest BCUT2D eigenvalue weighted by Gasteiger charge is 2.38. The number of nitrogens with one attached hydrogen (secondary N) is 2. The Hall–Kier alpha value is -1.44. The summed E-state index contributed by atoms with van der Waals surface area (Å²) in [6, 6.07) is 6.41. The highest BCUT2D eigenvalue weighted by molar-refractivity contribution is 7.89. The van der Waals surface area contributed by atoms with Crippen LogP contribution in [0.1, 0.15) is 68.1 Å². The molecule has 1 saturated carbocycles. The van der Waals surface area contributed by atoms with E-state index in [4.69, 9.17) is 0 Å². The molecule has 7 heteroatoms. The van der Waals surface area contributed by atoms with Crippen LogP contribution in [0, 0.1) is 0 Å². The molecule has 29 heavy (non-hydrogen) atoms. The Balaban J connectivity index is 1.65. The number of benzene rings is 1. The summed E-state index contributed by atoms with van der Waals surface area (Å²) in [5, 5.41) is 3.10. The minimum absolute atomic E-state index is 0.101. The normalized spacial score (nSPS) is 20.9. The third kappa shape index (κ3) is 5.19. The number of rotatable bonds is 6. The van der Waals surface area contributed by atoms with Crippen LogP contribution in [0.25, 0.3) is 0 Å². The summed E-state index contributed by atoms with van der Waals surface area (Å²) < 4.78 is 27.4. The number of carbonyl (C=O) groups is 1. The minimum atomic E-state index is -3.48. The maximum atomic E-state index is 12.9. The van der Waals surface area contributed by atoms with Crippen molar-refractivity contribution in [2.45, 2.75) is 68.2 Å². The van der Waals surface area contributed by atoms with Crippen LogP contribution in [0.5, 0.6) is 0 Å². The van der Waals surface area contributed by atoms with Crippen LogP contribution < -0.4 is 10.2 Å². The Morgan fingerprint density at radius 1 is 0.966 bits per heavy atom. The van der Waals surface area contributed by atoms with Crippen LogP contribution in [0.2, 0.25) is 0 Å². The molecule has 162 valence electrons. The number of sulfonamides is 1. The van der Waals surface area contributed by atoms with Gasteiger partial charge in [0, 0.05) is 31.5 Å². The molecule has 2 N–H and O–H groups in total. The van der Waals surface area contributed by atoms with Crippen LogP contribution in [0.3, 0.4) is 0 Å². The van der Waals surface area contributed by atoms with Gasteiger partial charge >= 0.3 is 0 Å². The van der Waals surface area contributed by atoms with Crippen molar-refractivity contribution in [1.82, 2.24) is 9.62 Å². The number of hydrogen-bond donors (Lipinski definition) is 2. The fraction of sp³-hybridized carbons (Fsp3) is 0.682. The Labute approximate surface area is 175 Å². The van der Waals surface area contributed by atoms with E-state index in [2.05, 4.69) is 19.4 Å². The maximum absolute atomic E-state index is 12.9. The SMILES string of the molecule is C[NH+](C)C1(CNC(=O)c2ccc(S(=O)(=O)N3CCCCCC3)cc2)CCCCC1. The van der Waals surface area contributed by atoms with E-state index in [0.717, 1.165) is 38.5 Å². The summed E-state index contributed by atoms with van der Waals surface area (Å²) in [4.78, 5) is 14.3. The number of carbonyl (C=O) groups excluding carboxylic acids is 1. The maximum Gasteiger partial charge on any atom is 0.251 e. The van der Waals surface area contributed by atoms with Crippen molar-refractivity contribution in [3.05, 3.63) is 29.8 Å². The molecule has 1 saturated heterocycles. The number of amides is 1. The van der Waals surface area contributed by atoms with Gasteiger partial charge in [-0.15, -0.1) is 0 Å². The highest BCUT2D eigenvalue weighted by Crippen LogP contribution is 2.25. The lowest BCUT2D eigenvalue weighted by atomic mass is 9.80. The van der Waals surface area contributed by atoms with Crippen molar-refractivity contribution < 1.29 is 18.1 Å². The molecule has 1 aliphatic heterocycles. The first-order valence-electron chi connectivity index (χ1n) is 11.0. The Bertz CT molecular complexity index is 776. The van der Waals surface area contributed by atoms with E-state index in [1.807, 2.05) is 0 Å². The van der Waals surface area contributed by atoms with Crippen molar-refractivity contribution in [1.29, 1.82) is 0 Å². The number of quaternary nitrogens is 1. The molecule has 2 aliphatic rings. The van der Waals surface area contributed by atoms with Crippen molar-refractivity contribution in [2.75, 3.05) is 33.7 Å². The molecule has 1 aromatic rings. The van der Waals surface area contributed by atoms with Gasteiger partial charge in [0.1, 0.15) is 5.54 Å². The van der Waals surface area contributed by atoms with Gasteiger partial charge in [-0.05, 0) is 49.9 Å². The lowest BCUT2D eigenvalue weighted by molar-refractivity contribution is -0.916. The van der Waals surface area contributed by atoms with Gasteiger partial charge in [0.2, 0.25) is 10.0 Å². The zero-order valence-electron chi connectivity index (χ0n) is 17.9. The number of likely N-dealkylation sites (N-methyl/N-ethyl adjacent to an activating group) is 1. The third-order valence-electron chi connectivity index (χ3n) is 6.78. The molecular weight excluding hydrogens is 386 g/mol. The molecular formula is C22H36N3O3S+. The summed E-state index contributed by atoms with van der Waals surface area (Å²) in [5.74, 6) is -0.130. The molecule has 3 rings (SSSR count). The third-order valence-corrected chi connectivity index (χ3v) is 8.69. The molecule has 1 aliphatic carbocycles. The average Bonchev–Trinajstić information content (AvgIpc) is 3.03. The second-order valence-corrected chi connectivity index (χ2v) is 10.8. The van der Waals surface area contributed by atoms with Crippen molar-refractivity contribution in [2.24, 2.45) is 0 Å². The van der Waals surface area contributed by atoms with Gasteiger partial charge in [-0.2, -0.15) is 4.31 Å². The van der Waals surface area contributed by atoms with Gasteiger partial charge in [-0.3, -0.25) is 4.79 Å². The van der Waals surface area contributed by atoms with Crippen LogP contribution in [-0.2, 0) is 10.0 Å². The quantitative estimate of drug-likeness (QED) is 0.735. The first-order chi connectivity index (χ1) is 13.8. The number of nitrogens with zero attached hydrogens (tertiary/aromatic N) is 1. The molecule has 0 spiro atoms. The van der Waals surface area contributed by atoms with Gasteiger partial charge in [-0.1, -0.05) is 19.3 Å². The van der Waals surface area contributed by atoms with Crippen LogP contribution in [0.4, 0.5) is 0 Å². The van der Waals surface area contributed by atoms with E-state index in [1.54, 1.807) is 28.6 Å². The molecule has 1 amide bonds. The van der Waals surface area contributed by atoms with Crippen LogP contribution in [0.15, 0.2) is 29.2 Å². The smallest absolute Gasteiger partial charge is 0.251 e. The summed E-state index contributed by atoms with van der Waals surface area (Å²) >= 11 is 0. The Morgan fingerprint density at radius 3 is 2.07 bits per heavy atom. The van der Waals surface area contributed by atoms with E-state index in [9.17, 15) is 13.2 Å². The van der Waals surface area contributed by atoms with Crippen molar-refractivity contribution >= 4 is 15.9 Å². The van der Waals surface area contributed by atoms with E-state index in [0.29, 0.717) is 25.2 Å². The zero-order valence-corrected chi connectivity index (χ0v) is 18.7.